The van der Waals surface area contributed by atoms with E-state index in [9.17, 15) is 5.11 Å². The fraction of sp³-hybridized carbons (Fsp3) is 0.846. The third-order valence-electron chi connectivity index (χ3n) is 4.57. The van der Waals surface area contributed by atoms with Gasteiger partial charge in [-0.3, -0.25) is 0 Å². The maximum Gasteiger partial charge on any atom is 0.0636 e. The molecule has 78 valence electrons. The van der Waals surface area contributed by atoms with Crippen LogP contribution in [-0.4, -0.2) is 11.2 Å². The predicted octanol–water partition coefficient (Wildman–Crippen LogP) is 3.04. The Kier molecular flexibility index (Phi) is 2.16. The zero-order valence-electron chi connectivity index (χ0n) is 8.84. The molecule has 1 saturated carbocycles. The first-order chi connectivity index (χ1) is 6.86. The van der Waals surface area contributed by atoms with Gasteiger partial charge in [0.25, 0.3) is 0 Å². The summed E-state index contributed by atoms with van der Waals surface area (Å²) < 4.78 is 0. The molecule has 3 aliphatic carbocycles. The molecule has 0 aromatic heterocycles. The van der Waals surface area contributed by atoms with Gasteiger partial charge in [0.05, 0.1) is 6.10 Å². The summed E-state index contributed by atoms with van der Waals surface area (Å²) in [5.41, 5.74) is 3.43. The van der Waals surface area contributed by atoms with Crippen molar-refractivity contribution in [3.63, 3.8) is 0 Å². The smallest absolute Gasteiger partial charge is 0.0636 e. The van der Waals surface area contributed by atoms with E-state index in [1.807, 2.05) is 0 Å². The Balaban J connectivity index is 1.95. The van der Waals surface area contributed by atoms with E-state index >= 15 is 0 Å². The van der Waals surface area contributed by atoms with Gasteiger partial charge in [0, 0.05) is 5.92 Å². The van der Waals surface area contributed by atoms with Crippen molar-refractivity contribution >= 4 is 0 Å². The number of hydrogen-bond donors (Lipinski definition) is 1. The van der Waals surface area contributed by atoms with Crippen LogP contribution in [0.2, 0.25) is 0 Å². The monoisotopic (exact) mass is 192 g/mol. The maximum absolute atomic E-state index is 10.2. The minimum Gasteiger partial charge on any atom is -0.392 e. The third-order valence-corrected chi connectivity index (χ3v) is 4.57. The average molecular weight is 192 g/mol. The Bertz CT molecular complexity index is 266. The molecule has 0 amide bonds. The van der Waals surface area contributed by atoms with Crippen LogP contribution in [0.15, 0.2) is 11.1 Å². The maximum atomic E-state index is 10.2. The standard InChI is InChI=1S/C13H20O/c14-13-10-5-3-7-12(13)11-6-2-1-4-9(11)8-10/h10,12-14H,1-8H2/t10-,12+,13-/m1/s1. The van der Waals surface area contributed by atoms with Gasteiger partial charge < -0.3 is 5.11 Å². The lowest BCUT2D eigenvalue weighted by molar-refractivity contribution is 0.0195. The van der Waals surface area contributed by atoms with Crippen molar-refractivity contribution in [2.45, 2.75) is 57.5 Å². The first-order valence-electron chi connectivity index (χ1n) is 6.25. The SMILES string of the molecule is O[C@@H]1[C@@H]2CCC[C@H]1C1=C(CCCC1)C2. The molecule has 3 atom stereocenters. The van der Waals surface area contributed by atoms with Gasteiger partial charge >= 0.3 is 0 Å². The van der Waals surface area contributed by atoms with Gasteiger partial charge in [0.15, 0.2) is 0 Å². The van der Waals surface area contributed by atoms with Gasteiger partial charge in [-0.1, -0.05) is 17.6 Å². The summed E-state index contributed by atoms with van der Waals surface area (Å²) in [5, 5.41) is 10.2. The van der Waals surface area contributed by atoms with E-state index in [0.29, 0.717) is 11.8 Å². The summed E-state index contributed by atoms with van der Waals surface area (Å²) in [7, 11) is 0. The van der Waals surface area contributed by atoms with Crippen LogP contribution in [0.1, 0.15) is 51.4 Å². The molecule has 0 saturated heterocycles. The Labute approximate surface area is 86.2 Å². The molecule has 1 nitrogen and oxygen atoms in total. The van der Waals surface area contributed by atoms with Crippen LogP contribution in [-0.2, 0) is 0 Å². The number of rotatable bonds is 0. The first-order valence-corrected chi connectivity index (χ1v) is 6.25. The van der Waals surface area contributed by atoms with Crippen LogP contribution in [0.4, 0.5) is 0 Å². The zero-order chi connectivity index (χ0) is 9.54. The lowest BCUT2D eigenvalue weighted by Gasteiger charge is -2.44. The van der Waals surface area contributed by atoms with Gasteiger partial charge in [-0.05, 0) is 50.9 Å². The number of aliphatic hydroxyl groups excluding tert-OH is 1. The van der Waals surface area contributed by atoms with Crippen molar-refractivity contribution < 1.29 is 5.11 Å². The van der Waals surface area contributed by atoms with Crippen LogP contribution < -0.4 is 0 Å². The molecule has 0 aliphatic heterocycles. The highest BCUT2D eigenvalue weighted by Crippen LogP contribution is 2.47. The quantitative estimate of drug-likeness (QED) is 0.585. The van der Waals surface area contributed by atoms with Crippen LogP contribution in [0.3, 0.4) is 0 Å². The second kappa shape index (κ2) is 3.37. The fourth-order valence-electron chi connectivity index (χ4n) is 3.86. The summed E-state index contributed by atoms with van der Waals surface area (Å²) in [5.74, 6) is 1.18. The van der Waals surface area contributed by atoms with Gasteiger partial charge in [-0.25, -0.2) is 0 Å². The summed E-state index contributed by atoms with van der Waals surface area (Å²) in [4.78, 5) is 0. The number of allylic oxidation sites excluding steroid dienone is 1. The molecule has 0 spiro atoms. The van der Waals surface area contributed by atoms with Gasteiger partial charge in [-0.2, -0.15) is 0 Å². The molecule has 3 rings (SSSR count). The lowest BCUT2D eigenvalue weighted by atomic mass is 9.64. The Morgan fingerprint density at radius 1 is 1.00 bits per heavy atom. The van der Waals surface area contributed by atoms with E-state index < -0.39 is 0 Å². The van der Waals surface area contributed by atoms with E-state index in [1.165, 1.54) is 51.4 Å². The molecule has 1 heteroatoms. The van der Waals surface area contributed by atoms with Crippen LogP contribution in [0, 0.1) is 11.8 Å². The van der Waals surface area contributed by atoms with Crippen molar-refractivity contribution in [1.82, 2.24) is 0 Å². The molecule has 2 bridgehead atoms. The second-order valence-electron chi connectivity index (χ2n) is 5.33. The minimum atomic E-state index is 0.0144. The zero-order valence-corrected chi connectivity index (χ0v) is 8.84. The van der Waals surface area contributed by atoms with E-state index in [-0.39, 0.29) is 6.10 Å². The minimum absolute atomic E-state index is 0.0144. The second-order valence-corrected chi connectivity index (χ2v) is 5.33. The lowest BCUT2D eigenvalue weighted by Crippen LogP contribution is -2.39. The van der Waals surface area contributed by atoms with Crippen LogP contribution >= 0.6 is 0 Å². The highest BCUT2D eigenvalue weighted by Gasteiger charge is 2.39. The Hall–Kier alpha value is -0.300. The number of aliphatic hydroxyl groups is 1. The average Bonchev–Trinajstić information content (AvgIpc) is 2.18. The van der Waals surface area contributed by atoms with Gasteiger partial charge in [0.2, 0.25) is 0 Å². The van der Waals surface area contributed by atoms with Crippen molar-refractivity contribution in [1.29, 1.82) is 0 Å². The van der Waals surface area contributed by atoms with Gasteiger partial charge in [-0.15, -0.1) is 0 Å². The number of fused-ring (bicyclic) bond motifs is 3. The molecule has 0 radical (unpaired) electrons. The molecule has 0 heterocycles. The van der Waals surface area contributed by atoms with E-state index in [4.69, 9.17) is 0 Å². The van der Waals surface area contributed by atoms with E-state index in [1.54, 1.807) is 11.1 Å². The molecular weight excluding hydrogens is 172 g/mol. The molecule has 0 unspecified atom stereocenters. The van der Waals surface area contributed by atoms with Gasteiger partial charge in [0.1, 0.15) is 0 Å². The normalized spacial score (nSPS) is 42.2. The number of hydrogen-bond acceptors (Lipinski definition) is 1. The molecule has 14 heavy (non-hydrogen) atoms. The van der Waals surface area contributed by atoms with E-state index in [2.05, 4.69) is 0 Å². The topological polar surface area (TPSA) is 20.2 Å². The summed E-state index contributed by atoms with van der Waals surface area (Å²) in [6, 6.07) is 0. The first kappa shape index (κ1) is 8.96. The van der Waals surface area contributed by atoms with Crippen molar-refractivity contribution in [2.75, 3.05) is 0 Å². The van der Waals surface area contributed by atoms with Crippen molar-refractivity contribution in [3.05, 3.63) is 11.1 Å². The third kappa shape index (κ3) is 1.25. The van der Waals surface area contributed by atoms with E-state index in [0.717, 1.165) is 0 Å². The highest BCUT2D eigenvalue weighted by atomic mass is 16.3. The Morgan fingerprint density at radius 2 is 1.86 bits per heavy atom. The molecule has 0 aromatic rings. The molecular formula is C13H20O. The molecule has 3 aliphatic rings. The summed E-state index contributed by atoms with van der Waals surface area (Å²) >= 11 is 0. The largest absolute Gasteiger partial charge is 0.392 e. The highest BCUT2D eigenvalue weighted by molar-refractivity contribution is 5.26. The van der Waals surface area contributed by atoms with Crippen LogP contribution in [0.25, 0.3) is 0 Å². The van der Waals surface area contributed by atoms with Crippen molar-refractivity contribution in [3.8, 4) is 0 Å². The molecule has 1 N–H and O–H groups in total. The van der Waals surface area contributed by atoms with Crippen LogP contribution in [0.5, 0.6) is 0 Å². The fourth-order valence-corrected chi connectivity index (χ4v) is 3.86. The Morgan fingerprint density at radius 3 is 2.79 bits per heavy atom. The summed E-state index contributed by atoms with van der Waals surface area (Å²) in [6.07, 6.45) is 10.5. The predicted molar refractivity (Wildman–Crippen MR) is 56.9 cm³/mol. The molecule has 1 fully saturated rings. The summed E-state index contributed by atoms with van der Waals surface area (Å²) in [6.45, 7) is 0. The van der Waals surface area contributed by atoms with Crippen molar-refractivity contribution in [2.24, 2.45) is 11.8 Å². The molecule has 0 aromatic carbocycles.